The lowest BCUT2D eigenvalue weighted by molar-refractivity contribution is 0.393. The highest BCUT2D eigenvalue weighted by Crippen LogP contribution is 2.34. The van der Waals surface area contributed by atoms with Crippen molar-refractivity contribution in [2.24, 2.45) is 14.1 Å². The largest absolute Gasteiger partial charge is 0.497 e. The topological polar surface area (TPSA) is 84.7 Å². The third-order valence-corrected chi connectivity index (χ3v) is 5.66. The zero-order valence-corrected chi connectivity index (χ0v) is 18.1. The van der Waals surface area contributed by atoms with Gasteiger partial charge in [0.05, 0.1) is 25.6 Å². The first kappa shape index (κ1) is 19.7. The van der Waals surface area contributed by atoms with Crippen LogP contribution >= 0.6 is 0 Å². The van der Waals surface area contributed by atoms with Crippen molar-refractivity contribution >= 4 is 16.9 Å². The molecule has 0 spiro atoms. The molecule has 0 bridgehead atoms. The number of benzene rings is 2. The molecule has 9 nitrogen and oxygen atoms in total. The molecule has 0 aliphatic carbocycles. The van der Waals surface area contributed by atoms with Crippen molar-refractivity contribution in [3.8, 4) is 28.4 Å². The maximum absolute atomic E-state index is 13.0. The number of hydrogen-bond donors (Lipinski definition) is 0. The zero-order valence-electron chi connectivity index (χ0n) is 18.1. The first-order valence-electron chi connectivity index (χ1n) is 9.93. The number of aryl methyl sites for hydroxylation is 1. The van der Waals surface area contributed by atoms with Gasteiger partial charge in [-0.2, -0.15) is 4.98 Å². The summed E-state index contributed by atoms with van der Waals surface area (Å²) < 4.78 is 17.1. The van der Waals surface area contributed by atoms with Gasteiger partial charge in [-0.25, -0.2) is 4.79 Å². The molecule has 0 unspecified atom stereocenters. The summed E-state index contributed by atoms with van der Waals surface area (Å²) in [4.78, 5) is 30.2. The molecule has 0 atom stereocenters. The fourth-order valence-electron chi connectivity index (χ4n) is 3.99. The Balaban J connectivity index is 1.97. The van der Waals surface area contributed by atoms with Crippen molar-refractivity contribution in [2.75, 3.05) is 14.2 Å². The average molecular weight is 431 g/mol. The van der Waals surface area contributed by atoms with Gasteiger partial charge in [-0.3, -0.25) is 22.9 Å². The standard InChI is InChI=1S/C23H21N5O4/c1-25-20-19(21(29)26(2)23(25)30)27-13-17(14-8-6-5-7-9-14)28(22(27)24-20)16-11-10-15(31-3)12-18(16)32-4/h5-13H,1-4H3. The van der Waals surface area contributed by atoms with E-state index >= 15 is 0 Å². The quantitative estimate of drug-likeness (QED) is 0.436. The van der Waals surface area contributed by atoms with E-state index in [2.05, 4.69) is 0 Å². The van der Waals surface area contributed by atoms with Crippen LogP contribution in [0.15, 0.2) is 64.3 Å². The molecule has 0 amide bonds. The van der Waals surface area contributed by atoms with E-state index in [0.29, 0.717) is 28.4 Å². The van der Waals surface area contributed by atoms with E-state index in [9.17, 15) is 9.59 Å². The zero-order chi connectivity index (χ0) is 22.6. The summed E-state index contributed by atoms with van der Waals surface area (Å²) in [5, 5.41) is 0. The highest BCUT2D eigenvalue weighted by Gasteiger charge is 2.23. The van der Waals surface area contributed by atoms with Gasteiger partial charge in [0.15, 0.2) is 11.2 Å². The van der Waals surface area contributed by atoms with Crippen molar-refractivity contribution in [1.29, 1.82) is 0 Å². The van der Waals surface area contributed by atoms with Crippen LogP contribution in [0.5, 0.6) is 11.5 Å². The van der Waals surface area contributed by atoms with Crippen molar-refractivity contribution in [2.45, 2.75) is 0 Å². The minimum Gasteiger partial charge on any atom is -0.497 e. The lowest BCUT2D eigenvalue weighted by Crippen LogP contribution is -2.37. The number of fused-ring (bicyclic) bond motifs is 3. The predicted octanol–water partition coefficient (Wildman–Crippen LogP) is 2.36. The summed E-state index contributed by atoms with van der Waals surface area (Å²) in [5.74, 6) is 1.72. The van der Waals surface area contributed by atoms with E-state index in [0.717, 1.165) is 21.5 Å². The maximum atomic E-state index is 13.0. The minimum atomic E-state index is -0.430. The van der Waals surface area contributed by atoms with E-state index in [1.165, 1.54) is 11.6 Å². The Labute approximate surface area is 182 Å². The smallest absolute Gasteiger partial charge is 0.332 e. The van der Waals surface area contributed by atoms with Crippen molar-refractivity contribution in [3.05, 3.63) is 75.6 Å². The van der Waals surface area contributed by atoms with Crippen molar-refractivity contribution in [1.82, 2.24) is 23.1 Å². The first-order valence-corrected chi connectivity index (χ1v) is 9.93. The summed E-state index contributed by atoms with van der Waals surface area (Å²) >= 11 is 0. The summed E-state index contributed by atoms with van der Waals surface area (Å²) in [6, 6.07) is 15.3. The lowest BCUT2D eigenvalue weighted by Gasteiger charge is -2.14. The first-order chi connectivity index (χ1) is 15.5. The molecule has 5 aromatic rings. The molecule has 0 radical (unpaired) electrons. The van der Waals surface area contributed by atoms with E-state index in [-0.39, 0.29) is 0 Å². The summed E-state index contributed by atoms with van der Waals surface area (Å²) in [5.41, 5.74) is 2.27. The average Bonchev–Trinajstić information content (AvgIpc) is 3.38. The summed E-state index contributed by atoms with van der Waals surface area (Å²) in [7, 11) is 6.25. The molecule has 5 rings (SSSR count). The lowest BCUT2D eigenvalue weighted by atomic mass is 10.1. The fourth-order valence-corrected chi connectivity index (χ4v) is 3.99. The highest BCUT2D eigenvalue weighted by atomic mass is 16.5. The van der Waals surface area contributed by atoms with Gasteiger partial charge in [0.1, 0.15) is 11.5 Å². The van der Waals surface area contributed by atoms with Crippen LogP contribution < -0.4 is 20.7 Å². The Hall–Kier alpha value is -4.27. The number of nitrogens with zero attached hydrogens (tertiary/aromatic N) is 5. The molecule has 0 saturated carbocycles. The number of hydrogen-bond acceptors (Lipinski definition) is 5. The third kappa shape index (κ3) is 2.67. The fraction of sp³-hybridized carbons (Fsp3) is 0.174. The van der Waals surface area contributed by atoms with Gasteiger partial charge in [-0.05, 0) is 12.1 Å². The second-order valence-corrected chi connectivity index (χ2v) is 7.41. The van der Waals surface area contributed by atoms with Gasteiger partial charge < -0.3 is 9.47 Å². The second kappa shape index (κ2) is 7.16. The molecule has 0 N–H and O–H groups in total. The molecule has 9 heteroatoms. The van der Waals surface area contributed by atoms with Crippen molar-refractivity contribution < 1.29 is 9.47 Å². The number of imidazole rings is 2. The Bertz CT molecular complexity index is 1610. The number of methoxy groups -OCH3 is 2. The molecule has 3 heterocycles. The van der Waals surface area contributed by atoms with Crippen LogP contribution in [0.25, 0.3) is 33.9 Å². The van der Waals surface area contributed by atoms with Crippen LogP contribution in [0.3, 0.4) is 0 Å². The van der Waals surface area contributed by atoms with Crippen LogP contribution in [0.4, 0.5) is 0 Å². The van der Waals surface area contributed by atoms with Crippen LogP contribution in [-0.4, -0.2) is 37.3 Å². The normalized spacial score (nSPS) is 11.4. The highest BCUT2D eigenvalue weighted by molar-refractivity contribution is 5.80. The van der Waals surface area contributed by atoms with E-state index in [1.54, 1.807) is 31.7 Å². The molecule has 32 heavy (non-hydrogen) atoms. The molecular formula is C23H21N5O4. The molecular weight excluding hydrogens is 410 g/mol. The monoisotopic (exact) mass is 431 g/mol. The molecule has 0 aliphatic heterocycles. The van der Waals surface area contributed by atoms with Gasteiger partial charge in [-0.15, -0.1) is 0 Å². The van der Waals surface area contributed by atoms with Gasteiger partial charge in [0.25, 0.3) is 5.56 Å². The molecule has 0 fully saturated rings. The van der Waals surface area contributed by atoms with Gasteiger partial charge in [0.2, 0.25) is 5.78 Å². The predicted molar refractivity (Wildman–Crippen MR) is 121 cm³/mol. The third-order valence-electron chi connectivity index (χ3n) is 5.66. The van der Waals surface area contributed by atoms with Gasteiger partial charge in [0, 0.05) is 31.9 Å². The molecule has 162 valence electrons. The van der Waals surface area contributed by atoms with Crippen molar-refractivity contribution in [3.63, 3.8) is 0 Å². The van der Waals surface area contributed by atoms with Crippen LogP contribution in [0, 0.1) is 0 Å². The van der Waals surface area contributed by atoms with E-state index < -0.39 is 11.2 Å². The molecule has 0 aliphatic rings. The number of rotatable bonds is 4. The Morgan fingerprint density at radius 2 is 1.66 bits per heavy atom. The van der Waals surface area contributed by atoms with Gasteiger partial charge >= 0.3 is 5.69 Å². The maximum Gasteiger partial charge on any atom is 0.332 e. The van der Waals surface area contributed by atoms with Crippen LogP contribution in [0.2, 0.25) is 0 Å². The molecule has 0 saturated heterocycles. The number of aromatic nitrogens is 5. The molecule has 3 aromatic heterocycles. The van der Waals surface area contributed by atoms with Crippen LogP contribution in [-0.2, 0) is 14.1 Å². The Morgan fingerprint density at radius 3 is 2.34 bits per heavy atom. The second-order valence-electron chi connectivity index (χ2n) is 7.41. The number of ether oxygens (including phenoxy) is 2. The summed E-state index contributed by atoms with van der Waals surface area (Å²) in [6.45, 7) is 0. The molecule has 2 aromatic carbocycles. The minimum absolute atomic E-state index is 0.314. The Morgan fingerprint density at radius 1 is 0.906 bits per heavy atom. The van der Waals surface area contributed by atoms with Crippen LogP contribution in [0.1, 0.15) is 0 Å². The Kier molecular flexibility index (Phi) is 4.40. The van der Waals surface area contributed by atoms with E-state index in [4.69, 9.17) is 14.5 Å². The van der Waals surface area contributed by atoms with E-state index in [1.807, 2.05) is 53.2 Å². The van der Waals surface area contributed by atoms with Gasteiger partial charge in [-0.1, -0.05) is 30.3 Å². The summed E-state index contributed by atoms with van der Waals surface area (Å²) in [6.07, 6.45) is 1.86. The SMILES string of the molecule is COc1ccc(-n2c(-c3ccccc3)cn3c4c(=O)n(C)c(=O)n(C)c4nc23)c(OC)c1.